The summed E-state index contributed by atoms with van der Waals surface area (Å²) >= 11 is 1.41. The highest BCUT2D eigenvalue weighted by Gasteiger charge is 2.48. The number of nitriles is 1. The van der Waals surface area contributed by atoms with Gasteiger partial charge in [0.1, 0.15) is 34.8 Å². The van der Waals surface area contributed by atoms with Crippen molar-refractivity contribution in [2.45, 2.75) is 94.0 Å². The van der Waals surface area contributed by atoms with Gasteiger partial charge in [-0.2, -0.15) is 14.6 Å². The number of thiophene rings is 1. The van der Waals surface area contributed by atoms with Gasteiger partial charge < -0.3 is 25.8 Å². The number of likely N-dealkylation sites (N-methyl/N-ethyl adjacent to an activating group) is 1. The Morgan fingerprint density at radius 1 is 1.27 bits per heavy atom. The van der Waals surface area contributed by atoms with Gasteiger partial charge in [0.15, 0.2) is 11.6 Å². The normalized spacial score (nSPS) is 28.3. The van der Waals surface area contributed by atoms with Crippen LogP contribution in [-0.4, -0.2) is 82.8 Å². The highest BCUT2D eigenvalue weighted by atomic mass is 32.1. The van der Waals surface area contributed by atoms with Crippen molar-refractivity contribution in [3.63, 3.8) is 0 Å². The highest BCUT2D eigenvalue weighted by Crippen LogP contribution is 2.54. The van der Waals surface area contributed by atoms with E-state index in [1.165, 1.54) is 11.3 Å². The van der Waals surface area contributed by atoms with E-state index in [2.05, 4.69) is 21.4 Å². The second kappa shape index (κ2) is 11.2. The summed E-state index contributed by atoms with van der Waals surface area (Å²) in [6, 6.07) is 2.01. The zero-order valence-electron chi connectivity index (χ0n) is 25.8. The number of halogens is 2. The average Bonchev–Trinajstić information content (AvgIpc) is 3.52. The first kappa shape index (κ1) is 30.3. The quantitative estimate of drug-likeness (QED) is 0.335. The lowest BCUT2D eigenvalue weighted by molar-refractivity contribution is 0.112. The molecule has 3 aliphatic carbocycles. The second-order valence-corrected chi connectivity index (χ2v) is 14.7. The fourth-order valence-corrected chi connectivity index (χ4v) is 9.29. The monoisotopic (exact) mass is 638 g/mol. The molecule has 2 aliphatic heterocycles. The fraction of sp³-hybridized carbons (Fsp3) is 0.625. The third kappa shape index (κ3) is 5.05. The number of nitrogens with zero attached hydrogens (tertiary/aromatic N) is 5. The van der Waals surface area contributed by atoms with Crippen LogP contribution in [0.3, 0.4) is 0 Å². The molecule has 2 saturated heterocycles. The van der Waals surface area contributed by atoms with E-state index in [9.17, 15) is 20.2 Å². The molecule has 5 aliphatic rings. The molecule has 13 heteroatoms. The molecule has 0 bridgehead atoms. The number of allylic oxidation sites excluding steroid dienone is 2. The minimum atomic E-state index is -0.981. The molecule has 45 heavy (non-hydrogen) atoms. The minimum absolute atomic E-state index is 0.0277. The van der Waals surface area contributed by atoms with Crippen LogP contribution in [0.5, 0.6) is 5.88 Å². The molecule has 2 spiro atoms. The van der Waals surface area contributed by atoms with Gasteiger partial charge in [-0.3, -0.25) is 10.3 Å². The topological polar surface area (TPSA) is 147 Å². The van der Waals surface area contributed by atoms with Crippen molar-refractivity contribution < 1.29 is 18.6 Å². The van der Waals surface area contributed by atoms with Gasteiger partial charge in [0.05, 0.1) is 11.0 Å². The van der Waals surface area contributed by atoms with Crippen molar-refractivity contribution in [1.29, 1.82) is 10.7 Å². The van der Waals surface area contributed by atoms with E-state index in [1.54, 1.807) is 6.92 Å². The molecule has 5 N–H and O–H groups in total. The first-order chi connectivity index (χ1) is 21.6. The number of nitrogen functional groups attached to an aromatic ring is 1. The van der Waals surface area contributed by atoms with Crippen LogP contribution in [0.4, 0.5) is 19.6 Å². The maximum absolute atomic E-state index is 16.3. The lowest BCUT2D eigenvalue weighted by atomic mass is 9.63. The number of piperazine rings is 1. The van der Waals surface area contributed by atoms with Crippen molar-refractivity contribution >= 4 is 27.9 Å². The molecular formula is C32H40F2N8O2S. The molecule has 4 atom stereocenters. The van der Waals surface area contributed by atoms with E-state index < -0.39 is 23.5 Å². The molecule has 0 radical (unpaired) electrons. The highest BCUT2D eigenvalue weighted by molar-refractivity contribution is 7.16. The Hall–Kier alpha value is -3.34. The van der Waals surface area contributed by atoms with Gasteiger partial charge in [0.25, 0.3) is 5.88 Å². The van der Waals surface area contributed by atoms with E-state index in [4.69, 9.17) is 10.5 Å². The standard InChI is InChI=1S/C32H40F2N8O2S/c1-17(21-13-18(33)15-41(21)2)44-30-24(34)29(42-12-11-38-31(16-42)9-10-31)39-28(40-30)25(36)19-5-3-7-32(26(19)43)8-4-6-22-23(32)20(14-35)27(37)45-22/h17-18,21,36,38,43H,3-13,15-16,37H2,1-2H3/t17-,18+,21-,32-/m0/s1. The van der Waals surface area contributed by atoms with Gasteiger partial charge >= 0.3 is 0 Å². The number of aryl methyl sites for hydroxylation is 1. The average molecular weight is 639 g/mol. The second-order valence-electron chi connectivity index (χ2n) is 13.5. The van der Waals surface area contributed by atoms with Crippen molar-refractivity contribution in [3.8, 4) is 11.9 Å². The molecular weight excluding hydrogens is 598 g/mol. The first-order valence-corrected chi connectivity index (χ1v) is 16.8. The third-order valence-electron chi connectivity index (χ3n) is 10.6. The summed E-state index contributed by atoms with van der Waals surface area (Å²) in [5.41, 5.74) is 6.90. The number of anilines is 2. The number of rotatable bonds is 6. The van der Waals surface area contributed by atoms with Crippen LogP contribution in [0, 0.1) is 22.6 Å². The summed E-state index contributed by atoms with van der Waals surface area (Å²) in [4.78, 5) is 13.9. The molecule has 10 nitrogen and oxygen atoms in total. The number of hydrogen-bond donors (Lipinski definition) is 4. The predicted molar refractivity (Wildman–Crippen MR) is 169 cm³/mol. The lowest BCUT2D eigenvalue weighted by Gasteiger charge is -2.41. The number of hydrogen-bond acceptors (Lipinski definition) is 11. The van der Waals surface area contributed by atoms with E-state index in [1.807, 2.05) is 16.8 Å². The maximum Gasteiger partial charge on any atom is 0.256 e. The van der Waals surface area contributed by atoms with Crippen LogP contribution < -0.4 is 20.7 Å². The van der Waals surface area contributed by atoms with E-state index >= 15 is 4.39 Å². The van der Waals surface area contributed by atoms with Crippen LogP contribution >= 0.6 is 11.3 Å². The SMILES string of the molecule is C[C@H](Oc1nc(C(=N)C2=C(O)[C@@]3(CCC2)CCCc2sc(N)c(C#N)c23)nc(N2CCNC3(CC3)C2)c1F)[C@@H]1C[C@@H](F)CN1C. The zero-order valence-corrected chi connectivity index (χ0v) is 26.6. The zero-order chi connectivity index (χ0) is 31.7. The van der Waals surface area contributed by atoms with Gasteiger partial charge in [-0.05, 0) is 77.3 Å². The molecule has 7 rings (SSSR count). The molecule has 3 fully saturated rings. The smallest absolute Gasteiger partial charge is 0.256 e. The van der Waals surface area contributed by atoms with E-state index in [0.29, 0.717) is 61.5 Å². The number of aromatic nitrogens is 2. The van der Waals surface area contributed by atoms with Gasteiger partial charge in [-0.1, -0.05) is 0 Å². The van der Waals surface area contributed by atoms with E-state index in [-0.39, 0.29) is 53.5 Å². The molecule has 4 heterocycles. The number of aliphatic hydroxyl groups is 1. The molecule has 2 aromatic rings. The summed E-state index contributed by atoms with van der Waals surface area (Å²) in [7, 11) is 1.83. The van der Waals surface area contributed by atoms with Crippen molar-refractivity contribution in [2.75, 3.05) is 43.9 Å². The number of likely N-dealkylation sites (tertiary alicyclic amines) is 1. The van der Waals surface area contributed by atoms with Crippen LogP contribution in [-0.2, 0) is 11.8 Å². The van der Waals surface area contributed by atoms with Crippen LogP contribution in [0.25, 0.3) is 0 Å². The van der Waals surface area contributed by atoms with Crippen molar-refractivity contribution in [3.05, 3.63) is 39.0 Å². The fourth-order valence-electron chi connectivity index (χ4n) is 8.13. The lowest BCUT2D eigenvalue weighted by Crippen LogP contribution is -2.53. The van der Waals surface area contributed by atoms with Gasteiger partial charge in [-0.15, -0.1) is 11.3 Å². The first-order valence-electron chi connectivity index (χ1n) is 16.0. The summed E-state index contributed by atoms with van der Waals surface area (Å²) in [5, 5.41) is 35.3. The van der Waals surface area contributed by atoms with Crippen LogP contribution in [0.2, 0.25) is 0 Å². The largest absolute Gasteiger partial charge is 0.511 e. The molecule has 0 unspecified atom stereocenters. The Morgan fingerprint density at radius 3 is 2.71 bits per heavy atom. The van der Waals surface area contributed by atoms with Crippen molar-refractivity contribution in [1.82, 2.24) is 20.2 Å². The number of ether oxygens (including phenoxy) is 1. The Labute approximate surface area is 265 Å². The Kier molecular flexibility index (Phi) is 7.53. The van der Waals surface area contributed by atoms with Gasteiger partial charge in [0.2, 0.25) is 5.82 Å². The Bertz CT molecular complexity index is 1620. The third-order valence-corrected chi connectivity index (χ3v) is 11.7. The summed E-state index contributed by atoms with van der Waals surface area (Å²) in [6.07, 6.45) is 4.76. The number of nitrogens with one attached hydrogen (secondary N) is 2. The summed E-state index contributed by atoms with van der Waals surface area (Å²) in [6.45, 7) is 3.86. The van der Waals surface area contributed by atoms with E-state index in [0.717, 1.165) is 36.1 Å². The van der Waals surface area contributed by atoms with Crippen molar-refractivity contribution in [2.24, 2.45) is 0 Å². The summed E-state index contributed by atoms with van der Waals surface area (Å²) < 4.78 is 36.6. The number of aliphatic hydroxyl groups excluding tert-OH is 1. The molecule has 0 amide bonds. The van der Waals surface area contributed by atoms with Crippen LogP contribution in [0.1, 0.15) is 80.1 Å². The molecule has 240 valence electrons. The Balaban J connectivity index is 1.29. The number of nitrogens with two attached hydrogens (primary N) is 1. The molecule has 2 aromatic heterocycles. The van der Waals surface area contributed by atoms with Crippen LogP contribution in [0.15, 0.2) is 11.3 Å². The molecule has 0 aromatic carbocycles. The maximum atomic E-state index is 16.3. The van der Waals surface area contributed by atoms with Gasteiger partial charge in [0, 0.05) is 48.2 Å². The predicted octanol–water partition coefficient (Wildman–Crippen LogP) is 4.52. The number of alkyl halides is 1. The Morgan fingerprint density at radius 2 is 2.02 bits per heavy atom. The summed E-state index contributed by atoms with van der Waals surface area (Å²) in [5.74, 6) is -0.864. The van der Waals surface area contributed by atoms with Gasteiger partial charge in [-0.25, -0.2) is 9.37 Å². The molecule has 1 saturated carbocycles. The number of fused-ring (bicyclic) bond motifs is 2. The minimum Gasteiger partial charge on any atom is -0.511 e.